The van der Waals surface area contributed by atoms with Gasteiger partial charge in [0.15, 0.2) is 17.0 Å². The van der Waals surface area contributed by atoms with Gasteiger partial charge < -0.3 is 19.1 Å². The number of amides is 1. The van der Waals surface area contributed by atoms with Crippen LogP contribution in [-0.2, 0) is 13.8 Å². The SMILES string of the molecule is CC[C@H]1O[C@@H](n2cnc3c(NC(=O)c4ccccc4)ncnc32)C[C@H]1O[P@]1O[C@@H](C[Si](C)(c2ccccc2)c2ccccc2)[C@H]2CCCN21. The van der Waals surface area contributed by atoms with E-state index in [0.717, 1.165) is 31.9 Å². The standard InChI is InChI=1S/C37H41N6O4PSi/c1-3-30-31(22-33(45-30)42-25-40-34-35(38-24-39-36(34)42)41-37(44)26-14-7-4-8-15-26)46-48-43-21-13-20-29(43)32(47-48)23-49(2,27-16-9-5-10-17-27)28-18-11-6-12-19-28/h4-12,14-19,24-25,29-33H,3,13,20-23H2,1-2H3,(H,38,39,41,44)/t29-,30-,31-,32+,33-,48-/m1/s1. The zero-order valence-electron chi connectivity index (χ0n) is 27.8. The zero-order valence-corrected chi connectivity index (χ0v) is 29.7. The van der Waals surface area contributed by atoms with E-state index in [2.05, 4.69) is 99.1 Å². The fourth-order valence-electron chi connectivity index (χ4n) is 7.66. The Morgan fingerprint density at radius 1 is 0.959 bits per heavy atom. The van der Waals surface area contributed by atoms with E-state index in [4.69, 9.17) is 13.8 Å². The van der Waals surface area contributed by atoms with Crippen LogP contribution in [0.5, 0.6) is 0 Å². The van der Waals surface area contributed by atoms with Crippen molar-refractivity contribution in [2.45, 2.75) is 75.8 Å². The summed E-state index contributed by atoms with van der Waals surface area (Å²) in [6, 6.07) is 32.5. The topological polar surface area (TPSA) is 104 Å². The number of rotatable bonds is 10. The third-order valence-electron chi connectivity index (χ3n) is 10.3. The predicted molar refractivity (Wildman–Crippen MR) is 194 cm³/mol. The Kier molecular flexibility index (Phi) is 9.13. The molecule has 0 unspecified atom stereocenters. The Morgan fingerprint density at radius 2 is 1.65 bits per heavy atom. The van der Waals surface area contributed by atoms with Gasteiger partial charge in [0.1, 0.15) is 20.6 Å². The van der Waals surface area contributed by atoms with Gasteiger partial charge in [-0.2, -0.15) is 0 Å². The van der Waals surface area contributed by atoms with E-state index < -0.39 is 16.6 Å². The maximum atomic E-state index is 12.9. The summed E-state index contributed by atoms with van der Waals surface area (Å²) in [5, 5.41) is 5.76. The summed E-state index contributed by atoms with van der Waals surface area (Å²) < 4.78 is 25.0. The first-order valence-electron chi connectivity index (χ1n) is 17.2. The second kappa shape index (κ2) is 13.8. The molecule has 1 N–H and O–H groups in total. The van der Waals surface area contributed by atoms with Crippen molar-refractivity contribution in [2.24, 2.45) is 0 Å². The van der Waals surface area contributed by atoms with Gasteiger partial charge in [-0.15, -0.1) is 0 Å². The molecule has 252 valence electrons. The highest BCUT2D eigenvalue weighted by atomic mass is 31.2. The normalized spacial score (nSPS) is 25.5. The maximum absolute atomic E-state index is 12.9. The van der Waals surface area contributed by atoms with E-state index in [1.54, 1.807) is 18.5 Å². The summed E-state index contributed by atoms with van der Waals surface area (Å²) in [6.45, 7) is 5.62. The molecule has 10 nitrogen and oxygen atoms in total. The summed E-state index contributed by atoms with van der Waals surface area (Å²) in [5.74, 6) is 0.116. The molecule has 3 saturated heterocycles. The molecule has 8 rings (SSSR count). The number of nitrogens with one attached hydrogen (secondary N) is 1. The Bertz CT molecular complexity index is 1860. The highest BCUT2D eigenvalue weighted by Crippen LogP contribution is 2.59. The van der Waals surface area contributed by atoms with Crippen LogP contribution in [0.2, 0.25) is 12.6 Å². The van der Waals surface area contributed by atoms with E-state index in [0.29, 0.717) is 35.0 Å². The molecule has 5 heterocycles. The fraction of sp³-hybridized carbons (Fsp3) is 0.351. The number of ether oxygens (including phenoxy) is 1. The van der Waals surface area contributed by atoms with Gasteiger partial charge in [0.2, 0.25) is 0 Å². The molecule has 0 spiro atoms. The fourth-order valence-corrected chi connectivity index (χ4v) is 13.6. The number of carbonyl (C=O) groups excluding carboxylic acids is 1. The highest BCUT2D eigenvalue weighted by molar-refractivity contribution is 7.45. The lowest BCUT2D eigenvalue weighted by atomic mass is 10.1. The van der Waals surface area contributed by atoms with Crippen molar-refractivity contribution in [3.8, 4) is 0 Å². The van der Waals surface area contributed by atoms with Crippen LogP contribution in [0.4, 0.5) is 5.82 Å². The lowest BCUT2D eigenvalue weighted by Crippen LogP contribution is -2.58. The third kappa shape index (κ3) is 6.24. The van der Waals surface area contributed by atoms with Crippen LogP contribution in [0, 0.1) is 0 Å². The molecule has 12 heteroatoms. The number of anilines is 1. The zero-order chi connectivity index (χ0) is 33.4. The quantitative estimate of drug-likeness (QED) is 0.138. The first-order chi connectivity index (χ1) is 24.0. The Hall–Kier alpha value is -3.83. The predicted octanol–water partition coefficient (Wildman–Crippen LogP) is 6.14. The molecule has 2 aromatic heterocycles. The number of carbonyl (C=O) groups is 1. The van der Waals surface area contributed by atoms with Gasteiger partial charge in [0, 0.05) is 24.6 Å². The van der Waals surface area contributed by atoms with Crippen molar-refractivity contribution in [3.63, 3.8) is 0 Å². The Morgan fingerprint density at radius 3 is 2.35 bits per heavy atom. The Balaban J connectivity index is 0.997. The molecule has 0 bridgehead atoms. The van der Waals surface area contributed by atoms with Crippen LogP contribution in [0.25, 0.3) is 11.2 Å². The number of nitrogens with zero attached hydrogens (tertiary/aromatic N) is 5. The van der Waals surface area contributed by atoms with Crippen molar-refractivity contribution >= 4 is 49.9 Å². The van der Waals surface area contributed by atoms with Crippen LogP contribution < -0.4 is 15.7 Å². The molecule has 49 heavy (non-hydrogen) atoms. The van der Waals surface area contributed by atoms with Crippen molar-refractivity contribution < 1.29 is 18.6 Å². The summed E-state index contributed by atoms with van der Waals surface area (Å²) in [4.78, 5) is 26.3. The number of hydrogen-bond acceptors (Lipinski definition) is 8. The molecule has 3 aliphatic rings. The van der Waals surface area contributed by atoms with Crippen LogP contribution in [0.15, 0.2) is 104 Å². The summed E-state index contributed by atoms with van der Waals surface area (Å²) in [5.41, 5.74) is 1.67. The van der Waals surface area contributed by atoms with Gasteiger partial charge in [-0.1, -0.05) is 103 Å². The number of fused-ring (bicyclic) bond motifs is 2. The smallest absolute Gasteiger partial charge is 0.259 e. The molecule has 0 aliphatic carbocycles. The lowest BCUT2D eigenvalue weighted by molar-refractivity contribution is -0.0152. The average Bonchev–Trinajstić information content (AvgIpc) is 3.95. The lowest BCUT2D eigenvalue weighted by Gasteiger charge is -2.32. The number of hydrogen-bond donors (Lipinski definition) is 1. The third-order valence-corrected chi connectivity index (χ3v) is 16.6. The van der Waals surface area contributed by atoms with Crippen molar-refractivity contribution in [2.75, 3.05) is 11.9 Å². The molecule has 6 atom stereocenters. The second-order valence-corrected chi connectivity index (χ2v) is 18.9. The Labute approximate surface area is 288 Å². The second-order valence-electron chi connectivity index (χ2n) is 13.3. The van der Waals surface area contributed by atoms with Crippen LogP contribution >= 0.6 is 8.53 Å². The molecule has 3 fully saturated rings. The monoisotopic (exact) mass is 692 g/mol. The first kappa shape index (κ1) is 32.4. The molecule has 5 aromatic rings. The summed E-state index contributed by atoms with van der Waals surface area (Å²) in [7, 11) is -3.33. The number of aromatic nitrogens is 4. The van der Waals surface area contributed by atoms with E-state index in [1.165, 1.54) is 16.7 Å². The maximum Gasteiger partial charge on any atom is 0.259 e. The summed E-state index contributed by atoms with van der Waals surface area (Å²) >= 11 is 0. The van der Waals surface area contributed by atoms with Crippen molar-refractivity contribution in [1.29, 1.82) is 0 Å². The minimum absolute atomic E-state index is 0.0963. The van der Waals surface area contributed by atoms with E-state index in [-0.39, 0.29) is 30.4 Å². The van der Waals surface area contributed by atoms with Gasteiger partial charge in [-0.3, -0.25) is 9.36 Å². The molecular formula is C37H41N6O4PSi. The first-order valence-corrected chi connectivity index (χ1v) is 21.1. The van der Waals surface area contributed by atoms with E-state index in [9.17, 15) is 4.79 Å². The summed E-state index contributed by atoms with van der Waals surface area (Å²) in [6.07, 6.45) is 6.48. The molecule has 3 aliphatic heterocycles. The number of benzene rings is 3. The van der Waals surface area contributed by atoms with Gasteiger partial charge >= 0.3 is 0 Å². The molecule has 0 radical (unpaired) electrons. The molecule has 0 saturated carbocycles. The molecule has 1 amide bonds. The number of imidazole rings is 1. The van der Waals surface area contributed by atoms with Gasteiger partial charge in [-0.05, 0) is 37.4 Å². The van der Waals surface area contributed by atoms with Crippen LogP contribution in [0.3, 0.4) is 0 Å². The van der Waals surface area contributed by atoms with E-state index in [1.807, 2.05) is 22.8 Å². The van der Waals surface area contributed by atoms with Crippen molar-refractivity contribution in [3.05, 3.63) is 109 Å². The molecule has 3 aromatic carbocycles. The minimum Gasteiger partial charge on any atom is -0.352 e. The van der Waals surface area contributed by atoms with Crippen LogP contribution in [0.1, 0.15) is 49.2 Å². The van der Waals surface area contributed by atoms with Crippen LogP contribution in [-0.4, -0.2) is 69.1 Å². The largest absolute Gasteiger partial charge is 0.352 e. The van der Waals surface area contributed by atoms with Gasteiger partial charge in [0.05, 0.1) is 24.6 Å². The minimum atomic E-state index is -2.10. The van der Waals surface area contributed by atoms with E-state index >= 15 is 0 Å². The van der Waals surface area contributed by atoms with Crippen molar-refractivity contribution in [1.82, 2.24) is 24.2 Å². The average molecular weight is 693 g/mol. The molecular weight excluding hydrogens is 652 g/mol. The van der Waals surface area contributed by atoms with Gasteiger partial charge in [0.25, 0.3) is 14.4 Å². The highest BCUT2D eigenvalue weighted by Gasteiger charge is 2.51. The van der Waals surface area contributed by atoms with Gasteiger partial charge in [-0.25, -0.2) is 19.6 Å².